The molecular weight excluding hydrogens is 244 g/mol. The Morgan fingerprint density at radius 1 is 1.11 bits per heavy atom. The second-order valence-electron chi connectivity index (χ2n) is 4.96. The van der Waals surface area contributed by atoms with Gasteiger partial charge in [0, 0.05) is 19.8 Å². The van der Waals surface area contributed by atoms with Crippen LogP contribution in [0.4, 0.5) is 0 Å². The predicted molar refractivity (Wildman–Crippen MR) is 72.4 cm³/mol. The van der Waals surface area contributed by atoms with Gasteiger partial charge in [0.1, 0.15) is 5.76 Å². The van der Waals surface area contributed by atoms with Crippen LogP contribution in [0.2, 0.25) is 0 Å². The van der Waals surface area contributed by atoms with Crippen molar-refractivity contribution in [2.75, 3.05) is 7.11 Å². The van der Waals surface area contributed by atoms with Crippen molar-refractivity contribution in [2.24, 2.45) is 0 Å². The predicted octanol–water partition coefficient (Wildman–Crippen LogP) is 3.50. The standard InChI is InChI=1S/C15H24O4/c1-12(16)19-14-10-7-9-13(14)8-5-3-4-6-11-15(17)18-2/h3-11H2,1-2H3. The fourth-order valence-corrected chi connectivity index (χ4v) is 2.40. The van der Waals surface area contributed by atoms with E-state index in [1.807, 2.05) is 0 Å². The lowest BCUT2D eigenvalue weighted by atomic mass is 10.0. The molecule has 0 saturated heterocycles. The average molecular weight is 268 g/mol. The molecule has 0 amide bonds. The third-order valence-electron chi connectivity index (χ3n) is 3.38. The second-order valence-corrected chi connectivity index (χ2v) is 4.96. The summed E-state index contributed by atoms with van der Waals surface area (Å²) in [5.41, 5.74) is 1.31. The van der Waals surface area contributed by atoms with Crippen LogP contribution in [-0.2, 0) is 19.1 Å². The largest absolute Gasteiger partial charge is 0.469 e. The lowest BCUT2D eigenvalue weighted by Crippen LogP contribution is -1.99. The molecule has 0 aromatic heterocycles. The molecule has 0 spiro atoms. The minimum Gasteiger partial charge on any atom is -0.469 e. The summed E-state index contributed by atoms with van der Waals surface area (Å²) < 4.78 is 9.82. The average Bonchev–Trinajstić information content (AvgIpc) is 2.79. The molecule has 0 saturated carbocycles. The molecule has 0 fully saturated rings. The number of esters is 2. The van der Waals surface area contributed by atoms with E-state index in [9.17, 15) is 9.59 Å². The number of carbonyl (C=O) groups excluding carboxylic acids is 2. The van der Waals surface area contributed by atoms with Gasteiger partial charge in [0.2, 0.25) is 0 Å². The van der Waals surface area contributed by atoms with E-state index in [0.29, 0.717) is 6.42 Å². The van der Waals surface area contributed by atoms with E-state index in [0.717, 1.165) is 57.1 Å². The van der Waals surface area contributed by atoms with Crippen LogP contribution >= 0.6 is 0 Å². The first kappa shape index (κ1) is 15.7. The third-order valence-corrected chi connectivity index (χ3v) is 3.38. The van der Waals surface area contributed by atoms with Crippen LogP contribution in [0.15, 0.2) is 11.3 Å². The summed E-state index contributed by atoms with van der Waals surface area (Å²) in [5.74, 6) is 0.560. The van der Waals surface area contributed by atoms with Gasteiger partial charge in [0.05, 0.1) is 7.11 Å². The normalized spacial score (nSPS) is 14.6. The molecule has 0 aliphatic heterocycles. The Balaban J connectivity index is 2.14. The SMILES string of the molecule is COC(=O)CCCCCCC1=C(OC(C)=O)CCC1. The first-order chi connectivity index (χ1) is 9.13. The number of allylic oxidation sites excluding steroid dienone is 2. The summed E-state index contributed by atoms with van der Waals surface area (Å²) in [6.45, 7) is 1.45. The zero-order valence-corrected chi connectivity index (χ0v) is 12.0. The van der Waals surface area contributed by atoms with Crippen molar-refractivity contribution >= 4 is 11.9 Å². The van der Waals surface area contributed by atoms with Crippen LogP contribution in [0.3, 0.4) is 0 Å². The highest BCUT2D eigenvalue weighted by Gasteiger charge is 2.16. The number of hydrogen-bond donors (Lipinski definition) is 0. The molecule has 1 aliphatic rings. The second kappa shape index (κ2) is 8.73. The van der Waals surface area contributed by atoms with Crippen LogP contribution in [0.1, 0.15) is 64.7 Å². The zero-order chi connectivity index (χ0) is 14.1. The van der Waals surface area contributed by atoms with E-state index in [1.165, 1.54) is 19.6 Å². The molecule has 0 N–H and O–H groups in total. The lowest BCUT2D eigenvalue weighted by molar-refractivity contribution is -0.140. The van der Waals surface area contributed by atoms with Crippen molar-refractivity contribution < 1.29 is 19.1 Å². The fourth-order valence-electron chi connectivity index (χ4n) is 2.40. The van der Waals surface area contributed by atoms with Crippen LogP contribution < -0.4 is 0 Å². The van der Waals surface area contributed by atoms with Crippen LogP contribution in [0.25, 0.3) is 0 Å². The van der Waals surface area contributed by atoms with Crippen molar-refractivity contribution in [3.8, 4) is 0 Å². The summed E-state index contributed by atoms with van der Waals surface area (Å²) in [4.78, 5) is 21.9. The highest BCUT2D eigenvalue weighted by Crippen LogP contribution is 2.30. The summed E-state index contributed by atoms with van der Waals surface area (Å²) >= 11 is 0. The van der Waals surface area contributed by atoms with E-state index in [-0.39, 0.29) is 11.9 Å². The van der Waals surface area contributed by atoms with Gasteiger partial charge in [-0.1, -0.05) is 12.8 Å². The number of carbonyl (C=O) groups is 2. The first-order valence-corrected chi connectivity index (χ1v) is 7.09. The van der Waals surface area contributed by atoms with Gasteiger partial charge in [0.25, 0.3) is 0 Å². The molecular formula is C15H24O4. The van der Waals surface area contributed by atoms with Crippen LogP contribution in [0.5, 0.6) is 0 Å². The maximum atomic E-state index is 11.0. The maximum absolute atomic E-state index is 11.0. The Bertz CT molecular complexity index is 344. The molecule has 0 aromatic carbocycles. The molecule has 1 aliphatic carbocycles. The minimum absolute atomic E-state index is 0.129. The quantitative estimate of drug-likeness (QED) is 0.499. The van der Waals surface area contributed by atoms with Gasteiger partial charge in [0.15, 0.2) is 0 Å². The number of ether oxygens (including phenoxy) is 2. The van der Waals surface area contributed by atoms with Gasteiger partial charge in [-0.2, -0.15) is 0 Å². The summed E-state index contributed by atoms with van der Waals surface area (Å²) in [6, 6.07) is 0. The van der Waals surface area contributed by atoms with Crippen molar-refractivity contribution in [3.63, 3.8) is 0 Å². The molecule has 0 bridgehead atoms. The fraction of sp³-hybridized carbons (Fsp3) is 0.733. The van der Waals surface area contributed by atoms with E-state index < -0.39 is 0 Å². The monoisotopic (exact) mass is 268 g/mol. The van der Waals surface area contributed by atoms with Crippen molar-refractivity contribution in [1.82, 2.24) is 0 Å². The topological polar surface area (TPSA) is 52.6 Å². The number of rotatable bonds is 8. The summed E-state index contributed by atoms with van der Waals surface area (Å²) in [5, 5.41) is 0. The van der Waals surface area contributed by atoms with Crippen molar-refractivity contribution in [2.45, 2.75) is 64.7 Å². The van der Waals surface area contributed by atoms with Gasteiger partial charge >= 0.3 is 11.9 Å². The van der Waals surface area contributed by atoms with Gasteiger partial charge in [-0.15, -0.1) is 0 Å². The van der Waals surface area contributed by atoms with E-state index in [1.54, 1.807) is 0 Å². The molecule has 19 heavy (non-hydrogen) atoms. The lowest BCUT2D eigenvalue weighted by Gasteiger charge is -2.07. The van der Waals surface area contributed by atoms with Crippen molar-refractivity contribution in [3.05, 3.63) is 11.3 Å². The van der Waals surface area contributed by atoms with Gasteiger partial charge < -0.3 is 9.47 Å². The Kier molecular flexibility index (Phi) is 7.23. The molecule has 0 heterocycles. The minimum atomic E-state index is -0.215. The Labute approximate surface area is 115 Å². The smallest absolute Gasteiger partial charge is 0.307 e. The number of unbranched alkanes of at least 4 members (excludes halogenated alkanes) is 3. The summed E-state index contributed by atoms with van der Waals surface area (Å²) in [6.07, 6.45) is 8.73. The molecule has 0 unspecified atom stereocenters. The third kappa shape index (κ3) is 6.41. The van der Waals surface area contributed by atoms with E-state index >= 15 is 0 Å². The van der Waals surface area contributed by atoms with Gasteiger partial charge in [-0.05, 0) is 37.7 Å². The van der Waals surface area contributed by atoms with E-state index in [2.05, 4.69) is 4.74 Å². The molecule has 1 rings (SSSR count). The molecule has 0 atom stereocenters. The molecule has 108 valence electrons. The highest BCUT2D eigenvalue weighted by atomic mass is 16.5. The Hall–Kier alpha value is -1.32. The zero-order valence-electron chi connectivity index (χ0n) is 12.0. The van der Waals surface area contributed by atoms with Crippen molar-refractivity contribution in [1.29, 1.82) is 0 Å². The molecule has 0 radical (unpaired) electrons. The molecule has 4 nitrogen and oxygen atoms in total. The number of methoxy groups -OCH3 is 1. The maximum Gasteiger partial charge on any atom is 0.307 e. The van der Waals surface area contributed by atoms with Gasteiger partial charge in [-0.3, -0.25) is 9.59 Å². The Morgan fingerprint density at radius 2 is 1.84 bits per heavy atom. The van der Waals surface area contributed by atoms with Crippen LogP contribution in [-0.4, -0.2) is 19.0 Å². The Morgan fingerprint density at radius 3 is 2.53 bits per heavy atom. The first-order valence-electron chi connectivity index (χ1n) is 7.09. The number of hydrogen-bond acceptors (Lipinski definition) is 4. The molecule has 4 heteroatoms. The highest BCUT2D eigenvalue weighted by molar-refractivity contribution is 5.69. The van der Waals surface area contributed by atoms with Crippen LogP contribution in [0, 0.1) is 0 Å². The van der Waals surface area contributed by atoms with Gasteiger partial charge in [-0.25, -0.2) is 0 Å². The molecule has 0 aromatic rings. The van der Waals surface area contributed by atoms with E-state index in [4.69, 9.17) is 4.74 Å². The summed E-state index contributed by atoms with van der Waals surface area (Å²) in [7, 11) is 1.42.